The Morgan fingerprint density at radius 3 is 2.83 bits per heavy atom. The molecule has 0 saturated carbocycles. The van der Waals surface area contributed by atoms with Gasteiger partial charge in [0.25, 0.3) is 0 Å². The van der Waals surface area contributed by atoms with Crippen LogP contribution in [-0.4, -0.2) is 31.8 Å². The van der Waals surface area contributed by atoms with E-state index >= 15 is 0 Å². The van der Waals surface area contributed by atoms with Crippen LogP contribution < -0.4 is 5.32 Å². The Labute approximate surface area is 107 Å². The van der Waals surface area contributed by atoms with Crippen molar-refractivity contribution < 1.29 is 0 Å². The van der Waals surface area contributed by atoms with Gasteiger partial charge in [-0.05, 0) is 19.5 Å². The van der Waals surface area contributed by atoms with Crippen LogP contribution in [0.1, 0.15) is 25.5 Å². The molecule has 0 radical (unpaired) electrons. The second-order valence-electron chi connectivity index (χ2n) is 4.33. The van der Waals surface area contributed by atoms with E-state index in [4.69, 9.17) is 0 Å². The minimum absolute atomic E-state index is 0.715. The number of hydrogen-bond acceptors (Lipinski definition) is 4. The fourth-order valence-corrected chi connectivity index (χ4v) is 1.99. The molecule has 0 aromatic carbocycles. The van der Waals surface area contributed by atoms with Crippen molar-refractivity contribution in [3.8, 4) is 11.4 Å². The van der Waals surface area contributed by atoms with Gasteiger partial charge in [-0.25, -0.2) is 4.68 Å². The molecule has 1 N–H and O–H groups in total. The Hall–Kier alpha value is -1.69. The summed E-state index contributed by atoms with van der Waals surface area (Å²) in [6, 6.07) is 2.00. The number of rotatable bonds is 6. The zero-order valence-corrected chi connectivity index (χ0v) is 11.2. The lowest BCUT2D eigenvalue weighted by atomic mass is 10.2. The van der Waals surface area contributed by atoms with E-state index in [1.165, 1.54) is 0 Å². The van der Waals surface area contributed by atoms with Crippen LogP contribution in [0.4, 0.5) is 0 Å². The molecule has 0 amide bonds. The fourth-order valence-electron chi connectivity index (χ4n) is 1.99. The Balaban J connectivity index is 2.40. The first-order valence-electron chi connectivity index (χ1n) is 6.33. The second-order valence-corrected chi connectivity index (χ2v) is 4.33. The molecule has 0 aliphatic carbocycles. The van der Waals surface area contributed by atoms with E-state index in [-0.39, 0.29) is 0 Å². The predicted octanol–water partition coefficient (Wildman–Crippen LogP) is 1.20. The summed E-state index contributed by atoms with van der Waals surface area (Å²) in [4.78, 5) is 0. The molecule has 2 aromatic rings. The van der Waals surface area contributed by atoms with E-state index in [0.29, 0.717) is 6.54 Å². The molecule has 2 heterocycles. The fraction of sp³-hybridized carbons (Fsp3) is 0.583. The van der Waals surface area contributed by atoms with Gasteiger partial charge in [-0.2, -0.15) is 5.10 Å². The zero-order valence-electron chi connectivity index (χ0n) is 11.2. The van der Waals surface area contributed by atoms with Gasteiger partial charge in [0.15, 0.2) is 0 Å². The average molecular weight is 248 g/mol. The lowest BCUT2D eigenvalue weighted by Gasteiger charge is -2.08. The average Bonchev–Trinajstić information content (AvgIpc) is 2.93. The summed E-state index contributed by atoms with van der Waals surface area (Å²) in [5, 5.41) is 15.9. The Kier molecular flexibility index (Phi) is 4.09. The third kappa shape index (κ3) is 2.43. The van der Waals surface area contributed by atoms with Crippen molar-refractivity contribution >= 4 is 0 Å². The minimum Gasteiger partial charge on any atom is -0.314 e. The Morgan fingerprint density at radius 2 is 2.22 bits per heavy atom. The molecular weight excluding hydrogens is 228 g/mol. The minimum atomic E-state index is 0.715. The van der Waals surface area contributed by atoms with Gasteiger partial charge in [0, 0.05) is 26.3 Å². The van der Waals surface area contributed by atoms with E-state index in [9.17, 15) is 0 Å². The molecular formula is C12H20N6. The van der Waals surface area contributed by atoms with Crippen LogP contribution in [0.3, 0.4) is 0 Å². The highest BCUT2D eigenvalue weighted by molar-refractivity contribution is 5.57. The number of hydrogen-bond donors (Lipinski definition) is 1. The third-order valence-corrected chi connectivity index (χ3v) is 2.94. The summed E-state index contributed by atoms with van der Waals surface area (Å²) < 4.78 is 3.84. The van der Waals surface area contributed by atoms with Gasteiger partial charge in [-0.3, -0.25) is 4.68 Å². The second kappa shape index (κ2) is 5.77. The van der Waals surface area contributed by atoms with Gasteiger partial charge in [0.1, 0.15) is 11.4 Å². The Bertz CT molecular complexity index is 498. The van der Waals surface area contributed by atoms with E-state index in [0.717, 1.165) is 36.5 Å². The van der Waals surface area contributed by atoms with Crippen LogP contribution in [-0.2, 0) is 20.1 Å². The largest absolute Gasteiger partial charge is 0.314 e. The van der Waals surface area contributed by atoms with Crippen LogP contribution in [0.15, 0.2) is 12.3 Å². The van der Waals surface area contributed by atoms with E-state index in [1.807, 2.05) is 29.5 Å². The SMILES string of the molecule is CCCCn1nnc(CNC)c1-c1ccnn1C. The molecule has 0 saturated heterocycles. The van der Waals surface area contributed by atoms with Crippen molar-refractivity contribution in [2.24, 2.45) is 7.05 Å². The van der Waals surface area contributed by atoms with Crippen LogP contribution in [0.25, 0.3) is 11.4 Å². The summed E-state index contributed by atoms with van der Waals surface area (Å²) >= 11 is 0. The molecule has 0 spiro atoms. The lowest BCUT2D eigenvalue weighted by molar-refractivity contribution is 0.555. The highest BCUT2D eigenvalue weighted by Crippen LogP contribution is 2.21. The van der Waals surface area contributed by atoms with Gasteiger partial charge >= 0.3 is 0 Å². The normalized spacial score (nSPS) is 11.1. The number of nitrogens with zero attached hydrogens (tertiary/aromatic N) is 5. The molecule has 6 heteroatoms. The lowest BCUT2D eigenvalue weighted by Crippen LogP contribution is -2.09. The molecule has 2 rings (SSSR count). The van der Waals surface area contributed by atoms with E-state index < -0.39 is 0 Å². The topological polar surface area (TPSA) is 60.6 Å². The maximum atomic E-state index is 4.27. The van der Waals surface area contributed by atoms with Crippen molar-refractivity contribution in [3.63, 3.8) is 0 Å². The summed E-state index contributed by atoms with van der Waals surface area (Å²) in [6.07, 6.45) is 4.05. The van der Waals surface area contributed by atoms with Crippen LogP contribution >= 0.6 is 0 Å². The molecule has 6 nitrogen and oxygen atoms in total. The standard InChI is InChI=1S/C12H20N6/c1-4-5-8-18-12(10(9-13-2)15-16-18)11-6-7-14-17(11)3/h6-7,13H,4-5,8-9H2,1-3H3. The molecule has 0 unspecified atom stereocenters. The van der Waals surface area contributed by atoms with Crippen molar-refractivity contribution in [1.82, 2.24) is 30.1 Å². The van der Waals surface area contributed by atoms with Crippen LogP contribution in [0.5, 0.6) is 0 Å². The summed E-state index contributed by atoms with van der Waals surface area (Å²) in [6.45, 7) is 3.79. The van der Waals surface area contributed by atoms with Gasteiger partial charge in [-0.15, -0.1) is 5.10 Å². The summed E-state index contributed by atoms with van der Waals surface area (Å²) in [5.74, 6) is 0. The molecule has 0 atom stereocenters. The first kappa shape index (κ1) is 12.8. The molecule has 0 bridgehead atoms. The van der Waals surface area contributed by atoms with Crippen LogP contribution in [0, 0.1) is 0 Å². The van der Waals surface area contributed by atoms with E-state index in [1.54, 1.807) is 6.20 Å². The van der Waals surface area contributed by atoms with Gasteiger partial charge < -0.3 is 5.32 Å². The van der Waals surface area contributed by atoms with Crippen molar-refractivity contribution in [2.45, 2.75) is 32.9 Å². The molecule has 18 heavy (non-hydrogen) atoms. The maximum absolute atomic E-state index is 4.27. The number of aromatic nitrogens is 5. The van der Waals surface area contributed by atoms with Crippen molar-refractivity contribution in [2.75, 3.05) is 7.05 Å². The number of aryl methyl sites for hydroxylation is 2. The monoisotopic (exact) mass is 248 g/mol. The third-order valence-electron chi connectivity index (χ3n) is 2.94. The highest BCUT2D eigenvalue weighted by Gasteiger charge is 2.16. The zero-order chi connectivity index (χ0) is 13.0. The first-order chi connectivity index (χ1) is 8.77. The predicted molar refractivity (Wildman–Crippen MR) is 69.9 cm³/mol. The number of nitrogens with one attached hydrogen (secondary N) is 1. The maximum Gasteiger partial charge on any atom is 0.111 e. The van der Waals surface area contributed by atoms with Gasteiger partial charge in [0.05, 0.1) is 5.69 Å². The first-order valence-corrected chi connectivity index (χ1v) is 6.33. The van der Waals surface area contributed by atoms with Crippen molar-refractivity contribution in [3.05, 3.63) is 18.0 Å². The molecule has 0 aliphatic rings. The highest BCUT2D eigenvalue weighted by atomic mass is 15.4. The quantitative estimate of drug-likeness (QED) is 0.834. The van der Waals surface area contributed by atoms with E-state index in [2.05, 4.69) is 27.7 Å². The van der Waals surface area contributed by atoms with Gasteiger partial charge in [-0.1, -0.05) is 18.6 Å². The van der Waals surface area contributed by atoms with Crippen molar-refractivity contribution in [1.29, 1.82) is 0 Å². The molecule has 2 aromatic heterocycles. The molecule has 98 valence electrons. The smallest absolute Gasteiger partial charge is 0.111 e. The summed E-state index contributed by atoms with van der Waals surface area (Å²) in [7, 11) is 3.85. The summed E-state index contributed by atoms with van der Waals surface area (Å²) in [5.41, 5.74) is 3.09. The Morgan fingerprint density at radius 1 is 1.39 bits per heavy atom. The van der Waals surface area contributed by atoms with Gasteiger partial charge in [0.2, 0.25) is 0 Å². The molecule has 0 aliphatic heterocycles. The van der Waals surface area contributed by atoms with Crippen LogP contribution in [0.2, 0.25) is 0 Å². The molecule has 0 fully saturated rings. The number of unbranched alkanes of at least 4 members (excludes halogenated alkanes) is 1.